The smallest absolute Gasteiger partial charge is 0.0726 e. The summed E-state index contributed by atoms with van der Waals surface area (Å²) >= 11 is 0. The van der Waals surface area contributed by atoms with E-state index < -0.39 is 5.41 Å². The number of hydrogen-bond donors (Lipinski definition) is 0. The summed E-state index contributed by atoms with van der Waals surface area (Å²) in [7, 11) is 0. The monoisotopic (exact) mass is 811 g/mol. The molecule has 2 aliphatic carbocycles. The normalized spacial score (nSPS) is 12.8. The summed E-state index contributed by atoms with van der Waals surface area (Å²) < 4.78 is 0. The van der Waals surface area contributed by atoms with Gasteiger partial charge < -0.3 is 4.90 Å². The van der Waals surface area contributed by atoms with E-state index in [9.17, 15) is 0 Å². The molecule has 1 nitrogen and oxygen atoms in total. The molecule has 11 aromatic carbocycles. The van der Waals surface area contributed by atoms with Gasteiger partial charge in [-0.15, -0.1) is 0 Å². The summed E-state index contributed by atoms with van der Waals surface area (Å²) in [5, 5.41) is 4.91. The van der Waals surface area contributed by atoms with Crippen molar-refractivity contribution >= 4 is 38.6 Å². The Bertz CT molecular complexity index is 3540. The van der Waals surface area contributed by atoms with Crippen molar-refractivity contribution in [1.29, 1.82) is 0 Å². The lowest BCUT2D eigenvalue weighted by molar-refractivity contribution is 0.793. The molecule has 0 bridgehead atoms. The number of benzene rings is 11. The molecular weight excluding hydrogens is 771 g/mol. The standard InChI is InChI=1S/C63H41N/c1-3-17-42(18-4-1)43-31-33-45(34-32-43)50-37-35-47(40-57(50)44-19-5-2-6-20-44)64(62-39-46-21-7-8-22-49(46)51-23-9-10-27-56(51)62)48-36-38-55-54-26-13-16-30-60(54)63(61(55)41-48)58-28-14-11-24-52(58)53-25-12-15-29-59(53)63/h1-41H. The van der Waals surface area contributed by atoms with Gasteiger partial charge in [0.1, 0.15) is 0 Å². The van der Waals surface area contributed by atoms with Crippen LogP contribution < -0.4 is 4.90 Å². The SMILES string of the molecule is c1ccc(-c2ccc(-c3ccc(N(c4ccc5c(c4)C4(c6ccccc6-c6ccccc64)c4ccccc4-5)c4cc5ccccc5c5ccccc45)cc3-c3ccccc3)cc2)cc1. The Morgan fingerprint density at radius 2 is 0.688 bits per heavy atom. The van der Waals surface area contributed by atoms with Crippen LogP contribution in [0.15, 0.2) is 249 Å². The van der Waals surface area contributed by atoms with Gasteiger partial charge in [-0.25, -0.2) is 0 Å². The van der Waals surface area contributed by atoms with Crippen LogP contribution in [0.2, 0.25) is 0 Å². The highest BCUT2D eigenvalue weighted by atomic mass is 15.1. The largest absolute Gasteiger partial charge is 0.310 e. The van der Waals surface area contributed by atoms with Crippen molar-refractivity contribution in [2.45, 2.75) is 5.41 Å². The van der Waals surface area contributed by atoms with E-state index >= 15 is 0 Å². The minimum atomic E-state index is -0.461. The average molecular weight is 812 g/mol. The second-order valence-electron chi connectivity index (χ2n) is 17.2. The molecule has 0 radical (unpaired) electrons. The zero-order valence-electron chi connectivity index (χ0n) is 35.1. The first-order valence-electron chi connectivity index (χ1n) is 22.3. The fourth-order valence-electron chi connectivity index (χ4n) is 11.1. The van der Waals surface area contributed by atoms with Crippen molar-refractivity contribution in [3.05, 3.63) is 271 Å². The zero-order valence-corrected chi connectivity index (χ0v) is 35.1. The Kier molecular flexibility index (Phi) is 8.20. The van der Waals surface area contributed by atoms with E-state index in [1.54, 1.807) is 0 Å². The third kappa shape index (κ3) is 5.38. The molecule has 2 aliphatic rings. The average Bonchev–Trinajstić information content (AvgIpc) is 3.84. The third-order valence-corrected chi connectivity index (χ3v) is 13.9. The maximum atomic E-state index is 2.52. The van der Waals surface area contributed by atoms with E-state index in [0.717, 1.165) is 17.1 Å². The van der Waals surface area contributed by atoms with Gasteiger partial charge in [-0.05, 0) is 124 Å². The number of hydrogen-bond acceptors (Lipinski definition) is 1. The van der Waals surface area contributed by atoms with Gasteiger partial charge in [-0.1, -0.05) is 218 Å². The first kappa shape index (κ1) is 36.4. The van der Waals surface area contributed by atoms with Gasteiger partial charge in [-0.3, -0.25) is 0 Å². The van der Waals surface area contributed by atoms with Crippen LogP contribution in [0.3, 0.4) is 0 Å². The van der Waals surface area contributed by atoms with Gasteiger partial charge in [0, 0.05) is 16.8 Å². The van der Waals surface area contributed by atoms with Crippen molar-refractivity contribution in [1.82, 2.24) is 0 Å². The quantitative estimate of drug-likeness (QED) is 0.151. The van der Waals surface area contributed by atoms with Crippen molar-refractivity contribution in [2.24, 2.45) is 0 Å². The Labute approximate surface area is 373 Å². The second-order valence-corrected chi connectivity index (χ2v) is 17.2. The number of anilines is 3. The number of rotatable bonds is 6. The zero-order chi connectivity index (χ0) is 42.2. The second kappa shape index (κ2) is 14.4. The number of fused-ring (bicyclic) bond motifs is 13. The predicted molar refractivity (Wildman–Crippen MR) is 269 cm³/mol. The van der Waals surface area contributed by atoms with Crippen LogP contribution in [-0.4, -0.2) is 0 Å². The first-order chi connectivity index (χ1) is 31.8. The maximum Gasteiger partial charge on any atom is 0.0726 e. The van der Waals surface area contributed by atoms with E-state index in [-0.39, 0.29) is 0 Å². The number of nitrogens with zero attached hydrogens (tertiary/aromatic N) is 1. The summed E-state index contributed by atoms with van der Waals surface area (Å²) in [6.07, 6.45) is 0. The molecule has 64 heavy (non-hydrogen) atoms. The summed E-state index contributed by atoms with van der Waals surface area (Å²) in [6, 6.07) is 92.2. The molecule has 1 heteroatoms. The van der Waals surface area contributed by atoms with Gasteiger partial charge >= 0.3 is 0 Å². The fraction of sp³-hybridized carbons (Fsp3) is 0.0159. The Morgan fingerprint density at radius 1 is 0.250 bits per heavy atom. The van der Waals surface area contributed by atoms with Crippen molar-refractivity contribution in [3.8, 4) is 55.6 Å². The highest BCUT2D eigenvalue weighted by molar-refractivity contribution is 6.15. The molecule has 0 aliphatic heterocycles. The van der Waals surface area contributed by atoms with Crippen molar-refractivity contribution in [3.63, 3.8) is 0 Å². The van der Waals surface area contributed by atoms with Crippen LogP contribution >= 0.6 is 0 Å². The minimum absolute atomic E-state index is 0.461. The van der Waals surface area contributed by atoms with Gasteiger partial charge in [0.05, 0.1) is 11.1 Å². The van der Waals surface area contributed by atoms with Crippen molar-refractivity contribution in [2.75, 3.05) is 4.90 Å². The lowest BCUT2D eigenvalue weighted by Gasteiger charge is -2.33. The molecule has 298 valence electrons. The van der Waals surface area contributed by atoms with E-state index in [0.29, 0.717) is 0 Å². The molecule has 0 aromatic heterocycles. The molecule has 1 spiro atoms. The Hall–Kier alpha value is -8.26. The van der Waals surface area contributed by atoms with Crippen LogP contribution in [0, 0.1) is 0 Å². The van der Waals surface area contributed by atoms with Crippen molar-refractivity contribution < 1.29 is 0 Å². The van der Waals surface area contributed by atoms with Gasteiger partial charge in [-0.2, -0.15) is 0 Å². The molecule has 0 fully saturated rings. The molecule has 0 unspecified atom stereocenters. The topological polar surface area (TPSA) is 3.24 Å². The lowest BCUT2D eigenvalue weighted by atomic mass is 9.70. The summed E-state index contributed by atoms with van der Waals surface area (Å²) in [6.45, 7) is 0. The molecule has 11 aromatic rings. The highest BCUT2D eigenvalue weighted by Gasteiger charge is 2.51. The van der Waals surface area contributed by atoms with E-state index in [2.05, 4.69) is 254 Å². The Balaban J connectivity index is 1.08. The van der Waals surface area contributed by atoms with Crippen LogP contribution in [0.5, 0.6) is 0 Å². The predicted octanol–water partition coefficient (Wildman–Crippen LogP) is 16.8. The third-order valence-electron chi connectivity index (χ3n) is 13.9. The molecule has 0 amide bonds. The fourth-order valence-corrected chi connectivity index (χ4v) is 11.1. The maximum absolute atomic E-state index is 2.52. The summed E-state index contributed by atoms with van der Waals surface area (Å²) in [4.78, 5) is 2.52. The van der Waals surface area contributed by atoms with Gasteiger partial charge in [0.25, 0.3) is 0 Å². The molecule has 0 atom stereocenters. The van der Waals surface area contributed by atoms with Gasteiger partial charge in [0.15, 0.2) is 0 Å². The molecule has 0 saturated heterocycles. The summed E-state index contributed by atoms with van der Waals surface area (Å²) in [5.41, 5.74) is 20.6. The van der Waals surface area contributed by atoms with E-state index in [1.807, 2.05) is 0 Å². The van der Waals surface area contributed by atoms with Crippen LogP contribution in [0.4, 0.5) is 17.1 Å². The molecule has 13 rings (SSSR count). The summed E-state index contributed by atoms with van der Waals surface area (Å²) in [5.74, 6) is 0. The molecule has 0 N–H and O–H groups in total. The molecule has 0 heterocycles. The van der Waals surface area contributed by atoms with E-state index in [4.69, 9.17) is 0 Å². The Morgan fingerprint density at radius 3 is 1.33 bits per heavy atom. The van der Waals surface area contributed by atoms with E-state index in [1.165, 1.54) is 99.4 Å². The first-order valence-corrected chi connectivity index (χ1v) is 22.3. The van der Waals surface area contributed by atoms with Crippen LogP contribution in [0.25, 0.3) is 77.2 Å². The minimum Gasteiger partial charge on any atom is -0.310 e. The molecule has 0 saturated carbocycles. The van der Waals surface area contributed by atoms with Crippen LogP contribution in [0.1, 0.15) is 22.3 Å². The lowest BCUT2D eigenvalue weighted by Crippen LogP contribution is -2.26. The highest BCUT2D eigenvalue weighted by Crippen LogP contribution is 2.63. The molecular formula is C63H41N. The van der Waals surface area contributed by atoms with Gasteiger partial charge in [0.2, 0.25) is 0 Å². The van der Waals surface area contributed by atoms with Crippen LogP contribution in [-0.2, 0) is 5.41 Å².